The lowest BCUT2D eigenvalue weighted by Crippen LogP contribution is -2.79. The van der Waals surface area contributed by atoms with Gasteiger partial charge in [-0.1, -0.05) is 11.6 Å². The van der Waals surface area contributed by atoms with E-state index in [0.29, 0.717) is 6.42 Å². The molecule has 0 rings (SSSR count). The molecule has 0 aliphatic rings. The standard InChI is InChI=1S/C9H14N2O/c1-8(6-7-10)4-5-9(2)11-12-3/h4-5,11H,6H2,1-3H3/p+1/b8-4-,9-5-. The van der Waals surface area contributed by atoms with Gasteiger partial charge in [0.2, 0.25) is 0 Å². The second-order valence-electron chi connectivity index (χ2n) is 2.61. The molecule has 0 heterocycles. The molecule has 0 amide bonds. The molecule has 2 N–H and O–H groups in total. The van der Waals surface area contributed by atoms with Gasteiger partial charge < -0.3 is 0 Å². The maximum Gasteiger partial charge on any atom is 0.135 e. The molecular formula is C9H15N2O+. The summed E-state index contributed by atoms with van der Waals surface area (Å²) in [5.41, 5.74) is 3.76. The van der Waals surface area contributed by atoms with E-state index in [2.05, 4.69) is 6.07 Å². The molecule has 0 unspecified atom stereocenters. The fourth-order valence-electron chi connectivity index (χ4n) is 0.683. The Hall–Kier alpha value is -1.11. The third-order valence-electron chi connectivity index (χ3n) is 1.29. The van der Waals surface area contributed by atoms with Crippen LogP contribution in [0.2, 0.25) is 0 Å². The van der Waals surface area contributed by atoms with Crippen molar-refractivity contribution in [2.24, 2.45) is 0 Å². The molecule has 0 aliphatic carbocycles. The zero-order valence-electron chi connectivity index (χ0n) is 7.79. The Bertz CT molecular complexity index is 223. The van der Waals surface area contributed by atoms with Crippen molar-refractivity contribution in [3.05, 3.63) is 23.4 Å². The van der Waals surface area contributed by atoms with Crippen LogP contribution < -0.4 is 5.48 Å². The van der Waals surface area contributed by atoms with Crippen molar-refractivity contribution in [2.75, 3.05) is 7.11 Å². The molecule has 66 valence electrons. The van der Waals surface area contributed by atoms with Crippen LogP contribution in [0.3, 0.4) is 0 Å². The number of nitrogens with two attached hydrogens (primary N) is 1. The number of hydroxylamine groups is 1. The SMILES string of the molecule is CO[NH2+]/C(C)=C\C=C(\C)CC#N. The Kier molecular flexibility index (Phi) is 5.98. The summed E-state index contributed by atoms with van der Waals surface area (Å²) in [6.45, 7) is 3.87. The van der Waals surface area contributed by atoms with Crippen molar-refractivity contribution in [2.45, 2.75) is 20.3 Å². The van der Waals surface area contributed by atoms with E-state index in [1.165, 1.54) is 0 Å². The summed E-state index contributed by atoms with van der Waals surface area (Å²) >= 11 is 0. The number of nitrogens with zero attached hydrogens (tertiary/aromatic N) is 1. The Morgan fingerprint density at radius 2 is 2.17 bits per heavy atom. The first kappa shape index (κ1) is 10.9. The zero-order valence-corrected chi connectivity index (χ0v) is 7.79. The molecule has 0 aliphatic heterocycles. The van der Waals surface area contributed by atoms with Crippen LogP contribution in [0.15, 0.2) is 23.4 Å². The molecule has 0 saturated carbocycles. The van der Waals surface area contributed by atoms with Gasteiger partial charge in [0.25, 0.3) is 0 Å². The summed E-state index contributed by atoms with van der Waals surface area (Å²) in [5, 5.41) is 8.36. The van der Waals surface area contributed by atoms with Crippen LogP contribution in [-0.4, -0.2) is 7.11 Å². The van der Waals surface area contributed by atoms with Gasteiger partial charge in [0.05, 0.1) is 19.6 Å². The molecule has 0 atom stereocenters. The van der Waals surface area contributed by atoms with Crippen molar-refractivity contribution >= 4 is 0 Å². The molecule has 0 fully saturated rings. The predicted octanol–water partition coefficient (Wildman–Crippen LogP) is 0.875. The number of hydrogen-bond donors (Lipinski definition) is 1. The highest BCUT2D eigenvalue weighted by molar-refractivity contribution is 5.14. The summed E-state index contributed by atoms with van der Waals surface area (Å²) in [4.78, 5) is 4.81. The van der Waals surface area contributed by atoms with Gasteiger partial charge in [0, 0.05) is 6.92 Å². The third kappa shape index (κ3) is 5.66. The molecule has 12 heavy (non-hydrogen) atoms. The quantitative estimate of drug-likeness (QED) is 0.499. The van der Waals surface area contributed by atoms with Crippen LogP contribution in [-0.2, 0) is 4.84 Å². The maximum absolute atomic E-state index is 8.36. The molecule has 0 aromatic heterocycles. The van der Waals surface area contributed by atoms with Crippen LogP contribution in [0.4, 0.5) is 0 Å². The fraction of sp³-hybridized carbons (Fsp3) is 0.444. The molecule has 0 radical (unpaired) electrons. The van der Waals surface area contributed by atoms with Crippen LogP contribution in [0, 0.1) is 11.3 Å². The number of quaternary nitrogens is 1. The van der Waals surface area contributed by atoms with Crippen molar-refractivity contribution < 1.29 is 10.3 Å². The summed E-state index contributed by atoms with van der Waals surface area (Å²) < 4.78 is 0. The average molecular weight is 167 g/mol. The number of rotatable bonds is 4. The Morgan fingerprint density at radius 3 is 2.67 bits per heavy atom. The zero-order chi connectivity index (χ0) is 9.40. The molecule has 0 aromatic rings. The second-order valence-corrected chi connectivity index (χ2v) is 2.61. The van der Waals surface area contributed by atoms with Crippen molar-refractivity contribution in [1.82, 2.24) is 0 Å². The van der Waals surface area contributed by atoms with E-state index < -0.39 is 0 Å². The van der Waals surface area contributed by atoms with E-state index in [0.717, 1.165) is 11.3 Å². The van der Waals surface area contributed by atoms with Gasteiger partial charge >= 0.3 is 0 Å². The predicted molar refractivity (Wildman–Crippen MR) is 46.7 cm³/mol. The van der Waals surface area contributed by atoms with E-state index in [9.17, 15) is 0 Å². The van der Waals surface area contributed by atoms with Gasteiger partial charge in [-0.3, -0.25) is 0 Å². The summed E-state index contributed by atoms with van der Waals surface area (Å²) in [7, 11) is 1.61. The first-order valence-corrected chi connectivity index (χ1v) is 3.77. The number of hydrogen-bond acceptors (Lipinski definition) is 2. The number of nitriles is 1. The lowest BCUT2D eigenvalue weighted by atomic mass is 10.2. The second kappa shape index (κ2) is 6.59. The van der Waals surface area contributed by atoms with Crippen molar-refractivity contribution in [1.29, 1.82) is 5.26 Å². The Morgan fingerprint density at radius 1 is 1.50 bits per heavy atom. The van der Waals surface area contributed by atoms with Crippen LogP contribution in [0.1, 0.15) is 20.3 Å². The molecule has 0 aromatic carbocycles. The molecule has 0 bridgehead atoms. The highest BCUT2D eigenvalue weighted by atomic mass is 16.6. The number of allylic oxidation sites excluding steroid dienone is 4. The first-order valence-electron chi connectivity index (χ1n) is 3.77. The van der Waals surface area contributed by atoms with Gasteiger partial charge in [-0.2, -0.15) is 10.7 Å². The van der Waals surface area contributed by atoms with E-state index in [4.69, 9.17) is 10.1 Å². The van der Waals surface area contributed by atoms with Gasteiger partial charge in [-0.15, -0.1) is 0 Å². The minimum absolute atomic E-state index is 0.483. The van der Waals surface area contributed by atoms with Crippen molar-refractivity contribution in [3.8, 4) is 6.07 Å². The van der Waals surface area contributed by atoms with E-state index in [1.807, 2.05) is 26.0 Å². The molecular weight excluding hydrogens is 152 g/mol. The molecule has 0 saturated heterocycles. The summed E-state index contributed by atoms with van der Waals surface area (Å²) in [6, 6.07) is 2.08. The molecule has 0 spiro atoms. The Labute approximate surface area is 73.3 Å². The molecule has 3 heteroatoms. The summed E-state index contributed by atoms with van der Waals surface area (Å²) in [6.07, 6.45) is 4.33. The highest BCUT2D eigenvalue weighted by Crippen LogP contribution is 1.97. The van der Waals surface area contributed by atoms with Crippen molar-refractivity contribution in [3.63, 3.8) is 0 Å². The fourth-order valence-corrected chi connectivity index (χ4v) is 0.683. The lowest BCUT2D eigenvalue weighted by Gasteiger charge is -1.93. The van der Waals surface area contributed by atoms with E-state index >= 15 is 0 Å². The largest absolute Gasteiger partial charge is 0.205 e. The van der Waals surface area contributed by atoms with E-state index in [-0.39, 0.29) is 0 Å². The van der Waals surface area contributed by atoms with Gasteiger partial charge in [0.15, 0.2) is 0 Å². The average Bonchev–Trinajstić information content (AvgIpc) is 2.02. The van der Waals surface area contributed by atoms with Crippen LogP contribution in [0.25, 0.3) is 0 Å². The van der Waals surface area contributed by atoms with Gasteiger partial charge in [-0.25, -0.2) is 4.84 Å². The minimum Gasteiger partial charge on any atom is -0.205 e. The van der Waals surface area contributed by atoms with Gasteiger partial charge in [0.1, 0.15) is 5.70 Å². The van der Waals surface area contributed by atoms with Crippen LogP contribution >= 0.6 is 0 Å². The first-order chi connectivity index (χ1) is 5.70. The smallest absolute Gasteiger partial charge is 0.135 e. The van der Waals surface area contributed by atoms with Crippen LogP contribution in [0.5, 0.6) is 0 Å². The normalized spacial score (nSPS) is 12.8. The minimum atomic E-state index is 0.483. The summed E-state index contributed by atoms with van der Waals surface area (Å²) in [5.74, 6) is 0. The third-order valence-corrected chi connectivity index (χ3v) is 1.29. The van der Waals surface area contributed by atoms with E-state index in [1.54, 1.807) is 12.6 Å². The molecule has 3 nitrogen and oxygen atoms in total. The highest BCUT2D eigenvalue weighted by Gasteiger charge is 1.89. The monoisotopic (exact) mass is 167 g/mol. The maximum atomic E-state index is 8.36. The topological polar surface area (TPSA) is 49.6 Å². The Balaban J connectivity index is 4.00. The lowest BCUT2D eigenvalue weighted by molar-refractivity contribution is -0.854. The van der Waals surface area contributed by atoms with Gasteiger partial charge in [-0.05, 0) is 13.0 Å².